The lowest BCUT2D eigenvalue weighted by Crippen LogP contribution is -2.63. The van der Waals surface area contributed by atoms with Crippen molar-refractivity contribution >= 4 is 29.8 Å². The van der Waals surface area contributed by atoms with Crippen molar-refractivity contribution in [3.8, 4) is 0 Å². The second-order valence-corrected chi connectivity index (χ2v) is 6.59. The van der Waals surface area contributed by atoms with Crippen LogP contribution in [0.4, 0.5) is 22.0 Å². The summed E-state index contributed by atoms with van der Waals surface area (Å²) in [5, 5.41) is 7.07. The molecular formula is C17H20F5NO10. The van der Waals surface area contributed by atoms with E-state index < -0.39 is 79.2 Å². The van der Waals surface area contributed by atoms with Crippen LogP contribution < -0.4 is 0 Å². The van der Waals surface area contributed by atoms with E-state index in [1.165, 1.54) is 0 Å². The summed E-state index contributed by atoms with van der Waals surface area (Å²) >= 11 is 0. The Bertz CT molecular complexity index is 787. The van der Waals surface area contributed by atoms with Gasteiger partial charge in [0.1, 0.15) is 12.7 Å². The molecule has 0 radical (unpaired) electrons. The molecule has 11 nitrogen and oxygen atoms in total. The Hall–Kier alpha value is -3.04. The maximum absolute atomic E-state index is 13.5. The Morgan fingerprint density at radius 2 is 1.21 bits per heavy atom. The van der Waals surface area contributed by atoms with Crippen molar-refractivity contribution < 1.29 is 69.6 Å². The molecule has 1 fully saturated rings. The quantitative estimate of drug-likeness (QED) is 0.181. The van der Waals surface area contributed by atoms with Crippen molar-refractivity contribution in [2.45, 2.75) is 70.5 Å². The zero-order valence-corrected chi connectivity index (χ0v) is 17.6. The fourth-order valence-electron chi connectivity index (χ4n) is 2.60. The van der Waals surface area contributed by atoms with E-state index in [9.17, 15) is 41.1 Å². The van der Waals surface area contributed by atoms with E-state index in [4.69, 9.17) is 29.1 Å². The average Bonchev–Trinajstić information content (AvgIpc) is 2.62. The molecule has 0 aromatic heterocycles. The Morgan fingerprint density at radius 1 is 0.758 bits per heavy atom. The minimum absolute atomic E-state index is 0.777. The molecule has 1 N–H and O–H groups in total. The first kappa shape index (κ1) is 28.0. The van der Waals surface area contributed by atoms with Gasteiger partial charge in [-0.25, -0.2) is 0 Å². The molecule has 0 amide bonds. The lowest BCUT2D eigenvalue weighted by Gasteiger charge is -2.44. The number of carbonyl (C=O) groups is 4. The van der Waals surface area contributed by atoms with Crippen LogP contribution in [0.3, 0.4) is 0 Å². The van der Waals surface area contributed by atoms with Gasteiger partial charge in [0.15, 0.2) is 12.2 Å². The number of rotatable bonds is 7. The summed E-state index contributed by atoms with van der Waals surface area (Å²) < 4.78 is 93.8. The van der Waals surface area contributed by atoms with E-state index in [1.54, 1.807) is 0 Å². The molecule has 5 atom stereocenters. The zero-order chi connectivity index (χ0) is 25.7. The zero-order valence-electron chi connectivity index (χ0n) is 17.6. The van der Waals surface area contributed by atoms with Crippen molar-refractivity contribution in [3.63, 3.8) is 0 Å². The maximum atomic E-state index is 13.5. The van der Waals surface area contributed by atoms with Gasteiger partial charge in [0, 0.05) is 27.7 Å². The van der Waals surface area contributed by atoms with E-state index in [1.807, 2.05) is 0 Å². The number of alkyl halides is 5. The highest BCUT2D eigenvalue weighted by molar-refractivity contribution is 5.81. The molecule has 0 aromatic carbocycles. The van der Waals surface area contributed by atoms with Crippen molar-refractivity contribution in [1.29, 1.82) is 5.41 Å². The maximum Gasteiger partial charge on any atom is 0.463 e. The van der Waals surface area contributed by atoms with Gasteiger partial charge in [-0.2, -0.15) is 22.0 Å². The first-order chi connectivity index (χ1) is 15.0. The predicted octanol–water partition coefficient (Wildman–Crippen LogP) is 1.26. The number of hydrogen-bond donors (Lipinski definition) is 1. The number of carbonyl (C=O) groups excluding carboxylic acids is 4. The minimum atomic E-state index is -6.22. The molecule has 0 spiro atoms. The number of ether oxygens (including phenoxy) is 6. The molecule has 16 heteroatoms. The van der Waals surface area contributed by atoms with Gasteiger partial charge in [0.25, 0.3) is 5.90 Å². The van der Waals surface area contributed by atoms with Crippen LogP contribution in [0.1, 0.15) is 27.7 Å². The SMILES string of the molecule is CC(=O)OC[C@H]1O[C@H](OC(=N)C(F)(F)C(F)(F)F)[C@H](OC(C)=O)[C@@H](OC(C)=O)[C@@H]1OC(C)=O. The third-order valence-electron chi connectivity index (χ3n) is 3.82. The van der Waals surface area contributed by atoms with Gasteiger partial charge in [-0.15, -0.1) is 0 Å². The Kier molecular flexibility index (Phi) is 9.09. The molecule has 1 rings (SSSR count). The molecular weight excluding hydrogens is 473 g/mol. The predicted molar refractivity (Wildman–Crippen MR) is 91.8 cm³/mol. The molecule has 0 aliphatic carbocycles. The third kappa shape index (κ3) is 7.50. The summed E-state index contributed by atoms with van der Waals surface area (Å²) in [6.07, 6.45) is -15.9. The second-order valence-electron chi connectivity index (χ2n) is 6.59. The van der Waals surface area contributed by atoms with Crippen LogP contribution in [-0.4, -0.2) is 79.2 Å². The van der Waals surface area contributed by atoms with Crippen LogP contribution in [-0.2, 0) is 47.6 Å². The van der Waals surface area contributed by atoms with Crippen molar-refractivity contribution in [2.24, 2.45) is 0 Å². The van der Waals surface area contributed by atoms with Gasteiger partial charge in [-0.3, -0.25) is 24.6 Å². The third-order valence-corrected chi connectivity index (χ3v) is 3.82. The normalized spacial score (nSPS) is 25.4. The molecule has 0 unspecified atom stereocenters. The molecule has 33 heavy (non-hydrogen) atoms. The molecule has 0 aromatic rings. The molecule has 1 saturated heterocycles. The van der Waals surface area contributed by atoms with Gasteiger partial charge in [-0.1, -0.05) is 0 Å². The molecule has 1 heterocycles. The van der Waals surface area contributed by atoms with Crippen LogP contribution in [0.5, 0.6) is 0 Å². The Labute approximate surface area is 182 Å². The van der Waals surface area contributed by atoms with E-state index in [0.717, 1.165) is 27.7 Å². The van der Waals surface area contributed by atoms with Crippen LogP contribution in [0.25, 0.3) is 0 Å². The number of hydrogen-bond acceptors (Lipinski definition) is 11. The van der Waals surface area contributed by atoms with Crippen LogP contribution in [0.2, 0.25) is 0 Å². The van der Waals surface area contributed by atoms with E-state index in [2.05, 4.69) is 4.74 Å². The first-order valence-corrected chi connectivity index (χ1v) is 8.98. The van der Waals surface area contributed by atoms with E-state index >= 15 is 0 Å². The molecule has 0 bridgehead atoms. The standard InChI is InChI=1S/C17H20F5NO10/c1-6(24)28-5-10-11(29-7(2)25)12(30-8(3)26)13(31-9(4)27)14(32-10)33-15(23)16(18,19)17(20,21)22/h10-14,23H,5H2,1-4H3/t10-,11-,12+,13-,14-/m1/s1. The lowest BCUT2D eigenvalue weighted by molar-refractivity contribution is -0.301. The summed E-state index contributed by atoms with van der Waals surface area (Å²) in [5.41, 5.74) is 0. The molecule has 188 valence electrons. The van der Waals surface area contributed by atoms with Gasteiger partial charge in [-0.05, 0) is 0 Å². The second kappa shape index (κ2) is 10.7. The minimum Gasteiger partial charge on any atom is -0.463 e. The van der Waals surface area contributed by atoms with Gasteiger partial charge < -0.3 is 28.4 Å². The Balaban J connectivity index is 3.45. The lowest BCUT2D eigenvalue weighted by atomic mass is 9.98. The highest BCUT2D eigenvalue weighted by Gasteiger charge is 2.64. The summed E-state index contributed by atoms with van der Waals surface area (Å²) in [4.78, 5) is 45.8. The molecule has 0 saturated carbocycles. The highest BCUT2D eigenvalue weighted by Crippen LogP contribution is 2.38. The van der Waals surface area contributed by atoms with Gasteiger partial charge in [0.2, 0.25) is 12.4 Å². The van der Waals surface area contributed by atoms with Gasteiger partial charge in [0.05, 0.1) is 0 Å². The largest absolute Gasteiger partial charge is 0.463 e. The van der Waals surface area contributed by atoms with Crippen molar-refractivity contribution in [3.05, 3.63) is 0 Å². The topological polar surface area (TPSA) is 148 Å². The fraction of sp³-hybridized carbons (Fsp3) is 0.706. The van der Waals surface area contributed by atoms with E-state index in [0.29, 0.717) is 0 Å². The summed E-state index contributed by atoms with van der Waals surface area (Å²) in [5.74, 6) is -12.5. The monoisotopic (exact) mass is 493 g/mol. The number of halogens is 5. The van der Waals surface area contributed by atoms with Crippen LogP contribution >= 0.6 is 0 Å². The van der Waals surface area contributed by atoms with Crippen molar-refractivity contribution in [1.82, 2.24) is 0 Å². The van der Waals surface area contributed by atoms with Crippen LogP contribution in [0, 0.1) is 5.41 Å². The summed E-state index contributed by atoms with van der Waals surface area (Å²) in [7, 11) is 0. The fourth-order valence-corrected chi connectivity index (χ4v) is 2.60. The number of nitrogens with one attached hydrogen (secondary N) is 1. The molecule has 1 aliphatic heterocycles. The van der Waals surface area contributed by atoms with Crippen LogP contribution in [0.15, 0.2) is 0 Å². The van der Waals surface area contributed by atoms with Gasteiger partial charge >= 0.3 is 36.0 Å². The van der Waals surface area contributed by atoms with Crippen molar-refractivity contribution in [2.75, 3.05) is 6.61 Å². The highest BCUT2D eigenvalue weighted by atomic mass is 19.4. The average molecular weight is 493 g/mol. The Morgan fingerprint density at radius 3 is 1.64 bits per heavy atom. The number of esters is 4. The summed E-state index contributed by atoms with van der Waals surface area (Å²) in [6.45, 7) is 2.77. The van der Waals surface area contributed by atoms with E-state index in [-0.39, 0.29) is 0 Å². The smallest absolute Gasteiger partial charge is 0.463 e. The molecule has 1 aliphatic rings. The summed E-state index contributed by atoms with van der Waals surface area (Å²) in [6, 6.07) is 0. The first-order valence-electron chi connectivity index (χ1n) is 8.98.